The number of pyridine rings is 1. The molecule has 0 saturated heterocycles. The van der Waals surface area contributed by atoms with E-state index in [1.807, 2.05) is 0 Å². The van der Waals surface area contributed by atoms with Crippen LogP contribution in [0.5, 0.6) is 5.88 Å². The summed E-state index contributed by atoms with van der Waals surface area (Å²) in [6, 6.07) is 8.78. The lowest BCUT2D eigenvalue weighted by atomic mass is 10.1. The summed E-state index contributed by atoms with van der Waals surface area (Å²) in [6.07, 6.45) is -4.57. The van der Waals surface area contributed by atoms with Crippen molar-refractivity contribution < 1.29 is 35.6 Å². The van der Waals surface area contributed by atoms with Crippen LogP contribution in [0.2, 0.25) is 0 Å². The zero-order valence-electron chi connectivity index (χ0n) is 19.8. The summed E-state index contributed by atoms with van der Waals surface area (Å²) < 4.78 is 84.8. The van der Waals surface area contributed by atoms with Crippen molar-refractivity contribution in [3.8, 4) is 17.4 Å². The Balaban J connectivity index is 1.47. The lowest BCUT2D eigenvalue weighted by Gasteiger charge is -2.22. The summed E-state index contributed by atoms with van der Waals surface area (Å²) in [5.74, 6) is -0.748. The summed E-state index contributed by atoms with van der Waals surface area (Å²) in [4.78, 5) is 16.6. The number of alkyl halides is 3. The van der Waals surface area contributed by atoms with Gasteiger partial charge in [-0.25, -0.2) is 18.4 Å². The van der Waals surface area contributed by atoms with Crippen molar-refractivity contribution in [3.05, 3.63) is 54.0 Å². The highest BCUT2D eigenvalue weighted by Gasteiger charge is 2.44. The second kappa shape index (κ2) is 10.1. The number of methoxy groups -OCH3 is 1. The van der Waals surface area contributed by atoms with Crippen molar-refractivity contribution in [3.63, 3.8) is 0 Å². The van der Waals surface area contributed by atoms with E-state index in [0.717, 1.165) is 19.0 Å². The fraction of sp³-hybridized carbons (Fsp3) is 0.348. The Morgan fingerprint density at radius 1 is 1.11 bits per heavy atom. The van der Waals surface area contributed by atoms with Gasteiger partial charge in [0.05, 0.1) is 23.4 Å². The van der Waals surface area contributed by atoms with Crippen LogP contribution in [0.15, 0.2) is 47.1 Å². The predicted molar refractivity (Wildman–Crippen MR) is 128 cm³/mol. The quantitative estimate of drug-likeness (QED) is 0.308. The third-order valence-electron chi connectivity index (χ3n) is 5.56. The van der Waals surface area contributed by atoms with Gasteiger partial charge in [-0.3, -0.25) is 9.71 Å². The first-order chi connectivity index (χ1) is 18.1. The molecule has 5 rings (SSSR count). The third kappa shape index (κ3) is 5.83. The normalized spacial score (nSPS) is 14.9. The molecular formula is C23H21F3N6O5S. The van der Waals surface area contributed by atoms with Crippen molar-refractivity contribution in [2.45, 2.75) is 31.0 Å². The lowest BCUT2D eigenvalue weighted by molar-refractivity contribution is -0.198. The van der Waals surface area contributed by atoms with Gasteiger partial charge in [-0.1, -0.05) is 23.4 Å². The van der Waals surface area contributed by atoms with E-state index in [1.54, 1.807) is 12.1 Å². The van der Waals surface area contributed by atoms with E-state index in [4.69, 9.17) is 14.0 Å². The Kier molecular flexibility index (Phi) is 6.88. The maximum atomic E-state index is 14.2. The first-order valence-corrected chi connectivity index (χ1v) is 13.1. The second-order valence-corrected chi connectivity index (χ2v) is 10.4. The Bertz CT molecular complexity index is 1540. The van der Waals surface area contributed by atoms with Crippen LogP contribution in [0.1, 0.15) is 36.3 Å². The van der Waals surface area contributed by atoms with E-state index in [1.165, 1.54) is 31.4 Å². The molecule has 200 valence electrons. The molecule has 15 heteroatoms. The van der Waals surface area contributed by atoms with Gasteiger partial charge in [-0.05, 0) is 31.0 Å². The summed E-state index contributed by atoms with van der Waals surface area (Å²) in [6.45, 7) is -0.141. The van der Waals surface area contributed by atoms with Gasteiger partial charge < -0.3 is 14.0 Å². The van der Waals surface area contributed by atoms with Crippen molar-refractivity contribution >= 4 is 26.9 Å². The van der Waals surface area contributed by atoms with E-state index >= 15 is 0 Å². The zero-order chi connectivity index (χ0) is 26.9. The smallest absolute Gasteiger partial charge is 0.429 e. The first-order valence-electron chi connectivity index (χ1n) is 11.4. The van der Waals surface area contributed by atoms with Crippen LogP contribution >= 0.6 is 0 Å². The molecule has 1 aliphatic rings. The minimum atomic E-state index is -4.91. The van der Waals surface area contributed by atoms with Crippen molar-refractivity contribution in [2.24, 2.45) is 0 Å². The van der Waals surface area contributed by atoms with E-state index in [-0.39, 0.29) is 40.6 Å². The summed E-state index contributed by atoms with van der Waals surface area (Å²) in [5.41, 5.74) is 0.336. The van der Waals surface area contributed by atoms with E-state index in [9.17, 15) is 21.6 Å². The number of nitrogens with one attached hydrogen (secondary N) is 1. The number of halogens is 3. The molecule has 1 fully saturated rings. The first kappa shape index (κ1) is 25.8. The van der Waals surface area contributed by atoms with Crippen LogP contribution in [-0.4, -0.2) is 59.2 Å². The molecule has 0 spiro atoms. The average Bonchev–Trinajstić information content (AvgIpc) is 3.62. The molecule has 3 heterocycles. The standard InChI is InChI=1S/C23H21F3N6O5S/c1-35-10-11-38(33,34)32-20-22(29-16-5-3-2-4-15(16)28-20)36-18(23(24,25)26)14-8-9-17(27-12-14)19-30-21(37-31-19)13-6-7-13/h2-5,8-9,12-13,18H,6-7,10-11H2,1H3,(H,28,32)/t18-/m0/s1. The van der Waals surface area contributed by atoms with Gasteiger partial charge in [0, 0.05) is 24.8 Å². The van der Waals surface area contributed by atoms with Gasteiger partial charge >= 0.3 is 6.18 Å². The van der Waals surface area contributed by atoms with Crippen molar-refractivity contribution in [1.29, 1.82) is 0 Å². The molecule has 0 bridgehead atoms. The molecular weight excluding hydrogens is 529 g/mol. The largest absolute Gasteiger partial charge is 0.457 e. The SMILES string of the molecule is COCCS(=O)(=O)Nc1nc2ccccc2nc1O[C@@H](c1ccc(-c2noc(C3CC3)n2)nc1)C(F)(F)F. The number of benzene rings is 1. The zero-order valence-corrected chi connectivity index (χ0v) is 20.7. The fourth-order valence-electron chi connectivity index (χ4n) is 3.49. The topological polar surface area (TPSA) is 142 Å². The van der Waals surface area contributed by atoms with Crippen LogP contribution in [0.25, 0.3) is 22.6 Å². The van der Waals surface area contributed by atoms with Crippen LogP contribution in [0.3, 0.4) is 0 Å². The number of hydrogen-bond donors (Lipinski definition) is 1. The van der Waals surface area contributed by atoms with Crippen LogP contribution in [0.4, 0.5) is 19.0 Å². The van der Waals surface area contributed by atoms with E-state index in [2.05, 4.69) is 29.8 Å². The van der Waals surface area contributed by atoms with Crippen LogP contribution in [-0.2, 0) is 14.8 Å². The average molecular weight is 551 g/mol. The summed E-state index contributed by atoms with van der Waals surface area (Å²) >= 11 is 0. The summed E-state index contributed by atoms with van der Waals surface area (Å²) in [5, 5.41) is 3.84. The highest BCUT2D eigenvalue weighted by atomic mass is 32.2. The minimum Gasteiger partial charge on any atom is -0.457 e. The van der Waals surface area contributed by atoms with Gasteiger partial charge in [0.25, 0.3) is 5.88 Å². The van der Waals surface area contributed by atoms with Gasteiger partial charge in [-0.2, -0.15) is 18.2 Å². The lowest BCUT2D eigenvalue weighted by Crippen LogP contribution is -2.28. The number of ether oxygens (including phenoxy) is 2. The minimum absolute atomic E-state index is 0.141. The highest BCUT2D eigenvalue weighted by molar-refractivity contribution is 7.92. The molecule has 11 nitrogen and oxygen atoms in total. The molecule has 1 N–H and O–H groups in total. The molecule has 1 aliphatic carbocycles. The van der Waals surface area contributed by atoms with Crippen molar-refractivity contribution in [2.75, 3.05) is 24.2 Å². The summed E-state index contributed by atoms with van der Waals surface area (Å²) in [7, 11) is -2.72. The van der Waals surface area contributed by atoms with Crippen LogP contribution in [0, 0.1) is 0 Å². The maximum absolute atomic E-state index is 14.2. The number of para-hydroxylation sites is 2. The van der Waals surface area contributed by atoms with Crippen LogP contribution < -0.4 is 9.46 Å². The molecule has 1 saturated carbocycles. The molecule has 3 aromatic heterocycles. The Hall–Kier alpha value is -3.85. The maximum Gasteiger partial charge on any atom is 0.429 e. The fourth-order valence-corrected chi connectivity index (χ4v) is 4.40. The van der Waals surface area contributed by atoms with Crippen molar-refractivity contribution in [1.82, 2.24) is 25.1 Å². The number of hydrogen-bond acceptors (Lipinski definition) is 10. The van der Waals surface area contributed by atoms with Gasteiger partial charge in [0.15, 0.2) is 0 Å². The monoisotopic (exact) mass is 550 g/mol. The number of rotatable bonds is 10. The van der Waals surface area contributed by atoms with E-state index in [0.29, 0.717) is 5.89 Å². The second-order valence-electron chi connectivity index (χ2n) is 8.53. The molecule has 4 aromatic rings. The molecule has 0 radical (unpaired) electrons. The molecule has 0 unspecified atom stereocenters. The number of fused-ring (bicyclic) bond motifs is 1. The van der Waals surface area contributed by atoms with Gasteiger partial charge in [0.2, 0.25) is 33.7 Å². The number of anilines is 1. The Morgan fingerprint density at radius 3 is 2.47 bits per heavy atom. The Morgan fingerprint density at radius 2 is 1.84 bits per heavy atom. The molecule has 1 atom stereocenters. The third-order valence-corrected chi connectivity index (χ3v) is 6.77. The van der Waals surface area contributed by atoms with E-state index < -0.39 is 39.8 Å². The molecule has 1 aromatic carbocycles. The molecule has 38 heavy (non-hydrogen) atoms. The number of nitrogens with zero attached hydrogens (tertiary/aromatic N) is 5. The predicted octanol–water partition coefficient (Wildman–Crippen LogP) is 4.02. The molecule has 0 amide bonds. The number of sulfonamides is 1. The van der Waals surface area contributed by atoms with Gasteiger partial charge in [0.1, 0.15) is 5.69 Å². The number of aromatic nitrogens is 5. The van der Waals surface area contributed by atoms with Gasteiger partial charge in [-0.15, -0.1) is 0 Å². The highest BCUT2D eigenvalue weighted by Crippen LogP contribution is 2.40. The molecule has 0 aliphatic heterocycles. The Labute approximate surface area is 214 Å².